The van der Waals surface area contributed by atoms with Gasteiger partial charge in [0, 0.05) is 0 Å². The minimum Gasteiger partial charge on any atom is -0.455 e. The summed E-state index contributed by atoms with van der Waals surface area (Å²) in [5, 5.41) is 3.14. The first-order chi connectivity index (χ1) is 9.38. The lowest BCUT2D eigenvalue weighted by atomic mass is 10.3. The van der Waals surface area contributed by atoms with Crippen molar-refractivity contribution in [2.24, 2.45) is 11.8 Å². The van der Waals surface area contributed by atoms with E-state index in [1.807, 2.05) is 6.92 Å². The lowest BCUT2D eigenvalue weighted by molar-refractivity contribution is -0.148. The molecule has 0 aromatic carbocycles. The second-order valence-corrected chi connectivity index (χ2v) is 5.68. The Morgan fingerprint density at radius 1 is 1.45 bits per heavy atom. The Kier molecular flexibility index (Phi) is 4.50. The molecule has 1 heterocycles. The van der Waals surface area contributed by atoms with Crippen LogP contribution >= 0.6 is 23.2 Å². The molecule has 7 heteroatoms. The Morgan fingerprint density at radius 2 is 2.10 bits per heavy atom. The van der Waals surface area contributed by atoms with Gasteiger partial charge in [-0.05, 0) is 25.3 Å². The number of ether oxygens (including phenoxy) is 1. The number of esters is 1. The minimum absolute atomic E-state index is 0.0673. The van der Waals surface area contributed by atoms with Crippen molar-refractivity contribution in [3.8, 4) is 0 Å². The molecule has 1 N–H and O–H groups in total. The summed E-state index contributed by atoms with van der Waals surface area (Å²) < 4.78 is 4.92. The Bertz CT molecular complexity index is 563. The van der Waals surface area contributed by atoms with Crippen LogP contribution in [-0.4, -0.2) is 23.5 Å². The van der Waals surface area contributed by atoms with Crippen LogP contribution in [-0.2, 0) is 14.3 Å². The topological polar surface area (TPSA) is 68.3 Å². The molecule has 0 unspecified atom stereocenters. The molecule has 108 valence electrons. The van der Waals surface area contributed by atoms with Gasteiger partial charge in [-0.25, -0.2) is 4.98 Å². The first-order valence-electron chi connectivity index (χ1n) is 6.17. The lowest BCUT2D eigenvalue weighted by Gasteiger charge is -2.08. The van der Waals surface area contributed by atoms with Crippen molar-refractivity contribution in [1.29, 1.82) is 0 Å². The van der Waals surface area contributed by atoms with E-state index in [-0.39, 0.29) is 29.3 Å². The van der Waals surface area contributed by atoms with Gasteiger partial charge in [-0.15, -0.1) is 0 Å². The molecule has 20 heavy (non-hydrogen) atoms. The molecule has 0 aliphatic heterocycles. The molecule has 5 nitrogen and oxygen atoms in total. The van der Waals surface area contributed by atoms with E-state index in [4.69, 9.17) is 27.9 Å². The van der Waals surface area contributed by atoms with E-state index < -0.39 is 5.91 Å². The number of nitrogens with zero attached hydrogens (tertiary/aromatic N) is 1. The van der Waals surface area contributed by atoms with E-state index in [1.54, 1.807) is 6.92 Å². The van der Waals surface area contributed by atoms with E-state index in [0.29, 0.717) is 16.6 Å². The molecular weight excluding hydrogens is 303 g/mol. The molecule has 1 amide bonds. The Hall–Kier alpha value is -1.33. The monoisotopic (exact) mass is 316 g/mol. The van der Waals surface area contributed by atoms with E-state index in [0.717, 1.165) is 6.42 Å². The summed E-state index contributed by atoms with van der Waals surface area (Å²) in [5.74, 6) is -0.334. The molecule has 0 spiro atoms. The zero-order valence-corrected chi connectivity index (χ0v) is 12.6. The van der Waals surface area contributed by atoms with Crippen LogP contribution in [0.3, 0.4) is 0 Å². The SMILES string of the molecule is Cc1nc(NC(=O)COC(=O)[C@H]2C[C@H]2C)c(Cl)cc1Cl. The van der Waals surface area contributed by atoms with Gasteiger partial charge in [0.05, 0.1) is 21.7 Å². The van der Waals surface area contributed by atoms with Crippen LogP contribution in [0, 0.1) is 18.8 Å². The molecule has 1 aliphatic rings. The molecule has 0 radical (unpaired) electrons. The number of carbonyl (C=O) groups excluding carboxylic acids is 2. The van der Waals surface area contributed by atoms with Gasteiger partial charge >= 0.3 is 5.97 Å². The van der Waals surface area contributed by atoms with Gasteiger partial charge in [0.25, 0.3) is 5.91 Å². The van der Waals surface area contributed by atoms with E-state index >= 15 is 0 Å². The second kappa shape index (κ2) is 5.97. The highest BCUT2D eigenvalue weighted by molar-refractivity contribution is 6.36. The molecule has 0 saturated heterocycles. The van der Waals surface area contributed by atoms with Crippen LogP contribution in [0.25, 0.3) is 0 Å². The number of aromatic nitrogens is 1. The van der Waals surface area contributed by atoms with Gasteiger partial charge in [-0.1, -0.05) is 30.1 Å². The molecule has 1 aromatic heterocycles. The molecule has 2 rings (SSSR count). The summed E-state index contributed by atoms with van der Waals surface area (Å²) in [6.07, 6.45) is 0.824. The van der Waals surface area contributed by atoms with Crippen molar-refractivity contribution in [2.45, 2.75) is 20.3 Å². The summed E-state index contributed by atoms with van der Waals surface area (Å²) in [6, 6.07) is 1.50. The zero-order chi connectivity index (χ0) is 14.9. The number of carbonyl (C=O) groups is 2. The molecule has 1 aromatic rings. The van der Waals surface area contributed by atoms with Crippen molar-refractivity contribution < 1.29 is 14.3 Å². The lowest BCUT2D eigenvalue weighted by Crippen LogP contribution is -2.22. The molecule has 1 saturated carbocycles. The average Bonchev–Trinajstić information content (AvgIpc) is 3.10. The highest BCUT2D eigenvalue weighted by atomic mass is 35.5. The van der Waals surface area contributed by atoms with Gasteiger partial charge in [0.1, 0.15) is 0 Å². The third-order valence-corrected chi connectivity index (χ3v) is 3.79. The van der Waals surface area contributed by atoms with Crippen LogP contribution in [0.5, 0.6) is 0 Å². The number of amides is 1. The summed E-state index contributed by atoms with van der Waals surface area (Å²) in [6.45, 7) is 3.32. The van der Waals surface area contributed by atoms with Gasteiger partial charge in [-0.2, -0.15) is 0 Å². The molecule has 0 bridgehead atoms. The molecular formula is C13H14Cl2N2O3. The molecule has 1 aliphatic carbocycles. The summed E-state index contributed by atoms with van der Waals surface area (Å²) in [4.78, 5) is 27.2. The van der Waals surface area contributed by atoms with E-state index in [9.17, 15) is 9.59 Å². The Morgan fingerprint density at radius 3 is 2.70 bits per heavy atom. The maximum Gasteiger partial charge on any atom is 0.309 e. The fraction of sp³-hybridized carbons (Fsp3) is 0.462. The standard InChI is InChI=1S/C13H14Cl2N2O3/c1-6-3-8(6)13(19)20-5-11(18)17-12-10(15)4-9(14)7(2)16-12/h4,6,8H,3,5H2,1-2H3,(H,16,17,18)/t6-,8+/m1/s1. The quantitative estimate of drug-likeness (QED) is 0.867. The third kappa shape index (κ3) is 3.61. The van der Waals surface area contributed by atoms with Gasteiger partial charge in [0.15, 0.2) is 12.4 Å². The van der Waals surface area contributed by atoms with Crippen molar-refractivity contribution >= 4 is 40.9 Å². The van der Waals surface area contributed by atoms with E-state index in [1.165, 1.54) is 6.07 Å². The predicted molar refractivity (Wildman–Crippen MR) is 75.9 cm³/mol. The smallest absolute Gasteiger partial charge is 0.309 e. The number of nitrogens with one attached hydrogen (secondary N) is 1. The zero-order valence-electron chi connectivity index (χ0n) is 11.1. The van der Waals surface area contributed by atoms with Crippen molar-refractivity contribution in [1.82, 2.24) is 4.98 Å². The number of anilines is 1. The average molecular weight is 317 g/mol. The predicted octanol–water partition coefficient (Wildman–Crippen LogP) is 2.83. The fourth-order valence-corrected chi connectivity index (χ4v) is 2.11. The van der Waals surface area contributed by atoms with Crippen molar-refractivity contribution in [3.05, 3.63) is 21.8 Å². The van der Waals surface area contributed by atoms with Crippen molar-refractivity contribution in [3.63, 3.8) is 0 Å². The first-order valence-corrected chi connectivity index (χ1v) is 6.93. The maximum atomic E-state index is 11.7. The summed E-state index contributed by atoms with van der Waals surface area (Å²) in [5.41, 5.74) is 0.551. The third-order valence-electron chi connectivity index (χ3n) is 3.12. The van der Waals surface area contributed by atoms with Crippen LogP contribution < -0.4 is 5.32 Å². The van der Waals surface area contributed by atoms with Gasteiger partial charge in [0.2, 0.25) is 0 Å². The van der Waals surface area contributed by atoms with E-state index in [2.05, 4.69) is 10.3 Å². The van der Waals surface area contributed by atoms with Crippen LogP contribution in [0.4, 0.5) is 5.82 Å². The summed E-state index contributed by atoms with van der Waals surface area (Å²) >= 11 is 11.8. The number of pyridine rings is 1. The number of hydrogen-bond acceptors (Lipinski definition) is 4. The second-order valence-electron chi connectivity index (χ2n) is 4.86. The summed E-state index contributed by atoms with van der Waals surface area (Å²) in [7, 11) is 0. The van der Waals surface area contributed by atoms with Gasteiger partial charge < -0.3 is 10.1 Å². The van der Waals surface area contributed by atoms with Crippen LogP contribution in [0.1, 0.15) is 19.0 Å². The van der Waals surface area contributed by atoms with Crippen LogP contribution in [0.2, 0.25) is 10.0 Å². The highest BCUT2D eigenvalue weighted by Crippen LogP contribution is 2.38. The number of hydrogen-bond donors (Lipinski definition) is 1. The first kappa shape index (κ1) is 15.1. The van der Waals surface area contributed by atoms with Crippen molar-refractivity contribution in [2.75, 3.05) is 11.9 Å². The Labute approximate surface area is 126 Å². The number of rotatable bonds is 4. The fourth-order valence-electron chi connectivity index (χ4n) is 1.71. The number of halogens is 2. The molecule has 2 atom stereocenters. The highest BCUT2D eigenvalue weighted by Gasteiger charge is 2.40. The number of aryl methyl sites for hydroxylation is 1. The van der Waals surface area contributed by atoms with Gasteiger partial charge in [-0.3, -0.25) is 9.59 Å². The largest absolute Gasteiger partial charge is 0.455 e. The normalized spacial score (nSPS) is 20.4. The maximum absolute atomic E-state index is 11.7. The van der Waals surface area contributed by atoms with Crippen LogP contribution in [0.15, 0.2) is 6.07 Å². The minimum atomic E-state index is -0.484. The molecule has 1 fully saturated rings. The Balaban J connectivity index is 1.88.